The van der Waals surface area contributed by atoms with Gasteiger partial charge in [-0.05, 0) is 44.4 Å². The number of hydrogen-bond donors (Lipinski definition) is 1. The van der Waals surface area contributed by atoms with Crippen LogP contribution in [0.1, 0.15) is 12.1 Å². The van der Waals surface area contributed by atoms with Crippen molar-refractivity contribution >= 4 is 46.4 Å². The lowest BCUT2D eigenvalue weighted by atomic mass is 10.1. The number of halogens is 2. The lowest BCUT2D eigenvalue weighted by Crippen LogP contribution is -2.28. The smallest absolute Gasteiger partial charge is 0.229 e. The van der Waals surface area contributed by atoms with Gasteiger partial charge in [-0.1, -0.05) is 23.2 Å². The summed E-state index contributed by atoms with van der Waals surface area (Å²) in [5, 5.41) is 3.78. The summed E-state index contributed by atoms with van der Waals surface area (Å²) < 4.78 is 0. The average molecular weight is 407 g/mol. The van der Waals surface area contributed by atoms with E-state index in [0.29, 0.717) is 28.0 Å². The zero-order chi connectivity index (χ0) is 19.6. The highest BCUT2D eigenvalue weighted by molar-refractivity contribution is 6.35. The Kier molecular flexibility index (Phi) is 5.99. The molecular formula is C19H20Cl2N4O2. The Morgan fingerprint density at radius 3 is 2.63 bits per heavy atom. The molecule has 1 aliphatic heterocycles. The summed E-state index contributed by atoms with van der Waals surface area (Å²) in [6.07, 6.45) is 1.81. The van der Waals surface area contributed by atoms with E-state index in [0.717, 1.165) is 5.69 Å². The molecule has 142 valence electrons. The molecule has 1 aromatic carbocycles. The monoisotopic (exact) mass is 406 g/mol. The summed E-state index contributed by atoms with van der Waals surface area (Å²) in [7, 11) is 3.90. The Morgan fingerprint density at radius 2 is 1.96 bits per heavy atom. The van der Waals surface area contributed by atoms with Crippen molar-refractivity contribution in [3.8, 4) is 0 Å². The summed E-state index contributed by atoms with van der Waals surface area (Å²) in [5.74, 6) is -0.766. The molecule has 8 heteroatoms. The van der Waals surface area contributed by atoms with Gasteiger partial charge in [-0.3, -0.25) is 14.6 Å². The maximum Gasteiger partial charge on any atom is 0.229 e. The molecule has 2 aromatic rings. The molecule has 0 spiro atoms. The Hall–Kier alpha value is -2.15. The highest BCUT2D eigenvalue weighted by Crippen LogP contribution is 2.30. The highest BCUT2D eigenvalue weighted by Gasteiger charge is 2.35. The minimum atomic E-state index is -0.444. The zero-order valence-electron chi connectivity index (χ0n) is 15.1. The maximum atomic E-state index is 12.6. The summed E-state index contributed by atoms with van der Waals surface area (Å²) in [4.78, 5) is 32.8. The van der Waals surface area contributed by atoms with Crippen molar-refractivity contribution in [3.05, 3.63) is 52.3 Å². The van der Waals surface area contributed by atoms with Gasteiger partial charge in [0.1, 0.15) is 0 Å². The van der Waals surface area contributed by atoms with E-state index < -0.39 is 5.92 Å². The van der Waals surface area contributed by atoms with E-state index >= 15 is 0 Å². The molecular weight excluding hydrogens is 387 g/mol. The normalized spacial score (nSPS) is 16.9. The number of nitrogens with one attached hydrogen (secondary N) is 1. The van der Waals surface area contributed by atoms with Crippen LogP contribution >= 0.6 is 23.2 Å². The minimum absolute atomic E-state index is 0.128. The lowest BCUT2D eigenvalue weighted by Gasteiger charge is -2.17. The number of anilines is 2. The molecule has 1 aliphatic rings. The third kappa shape index (κ3) is 4.97. The van der Waals surface area contributed by atoms with Crippen LogP contribution in [0.3, 0.4) is 0 Å². The van der Waals surface area contributed by atoms with Crippen LogP contribution in [0.2, 0.25) is 10.0 Å². The van der Waals surface area contributed by atoms with Crippen molar-refractivity contribution in [2.75, 3.05) is 30.9 Å². The first-order valence-electron chi connectivity index (χ1n) is 8.49. The Bertz CT molecular complexity index is 852. The largest absolute Gasteiger partial charge is 0.326 e. The van der Waals surface area contributed by atoms with Crippen molar-refractivity contribution in [1.29, 1.82) is 0 Å². The molecule has 2 heterocycles. The van der Waals surface area contributed by atoms with Crippen molar-refractivity contribution in [2.24, 2.45) is 5.92 Å². The predicted octanol–water partition coefficient (Wildman–Crippen LogP) is 3.44. The summed E-state index contributed by atoms with van der Waals surface area (Å²) in [5.41, 5.74) is 2.13. The van der Waals surface area contributed by atoms with Crippen LogP contribution in [-0.2, 0) is 16.1 Å². The Morgan fingerprint density at radius 1 is 1.26 bits per heavy atom. The average Bonchev–Trinajstić information content (AvgIpc) is 2.95. The standard InChI is InChI=1S/C19H20Cl2N4O2/c1-24(2)11-16-9-15(3-4-22-16)23-19(27)12-5-18(26)25(10-12)17-7-13(20)6-14(21)8-17/h3-4,6-9,12H,5,10-11H2,1-2H3,(H,22,23,27)/t12-/m0/s1. The fourth-order valence-corrected chi connectivity index (χ4v) is 3.55. The number of pyridine rings is 1. The van der Waals surface area contributed by atoms with Gasteiger partial charge in [0.2, 0.25) is 11.8 Å². The first kappa shape index (κ1) is 19.6. The number of rotatable bonds is 5. The van der Waals surface area contributed by atoms with Gasteiger partial charge in [0.25, 0.3) is 0 Å². The molecule has 6 nitrogen and oxygen atoms in total. The van der Waals surface area contributed by atoms with Gasteiger partial charge in [0, 0.05) is 47.1 Å². The molecule has 0 bridgehead atoms. The molecule has 27 heavy (non-hydrogen) atoms. The molecule has 1 N–H and O–H groups in total. The van der Waals surface area contributed by atoms with E-state index in [2.05, 4.69) is 10.3 Å². The van der Waals surface area contributed by atoms with Crippen LogP contribution < -0.4 is 10.2 Å². The van der Waals surface area contributed by atoms with E-state index in [1.54, 1.807) is 35.4 Å². The Balaban J connectivity index is 1.69. The molecule has 0 unspecified atom stereocenters. The highest BCUT2D eigenvalue weighted by atomic mass is 35.5. The second-order valence-electron chi connectivity index (χ2n) is 6.80. The number of hydrogen-bond acceptors (Lipinski definition) is 4. The van der Waals surface area contributed by atoms with Gasteiger partial charge < -0.3 is 15.1 Å². The summed E-state index contributed by atoms with van der Waals surface area (Å²) >= 11 is 12.0. The second-order valence-corrected chi connectivity index (χ2v) is 7.67. The summed E-state index contributed by atoms with van der Waals surface area (Å²) in [6.45, 7) is 0.964. The van der Waals surface area contributed by atoms with Crippen LogP contribution in [0.15, 0.2) is 36.5 Å². The van der Waals surface area contributed by atoms with E-state index in [9.17, 15) is 9.59 Å². The number of nitrogens with zero attached hydrogens (tertiary/aromatic N) is 3. The molecule has 0 saturated carbocycles. The predicted molar refractivity (Wildman–Crippen MR) is 107 cm³/mol. The zero-order valence-corrected chi connectivity index (χ0v) is 16.6. The first-order chi connectivity index (χ1) is 12.8. The van der Waals surface area contributed by atoms with Crippen molar-refractivity contribution in [3.63, 3.8) is 0 Å². The van der Waals surface area contributed by atoms with Crippen LogP contribution in [0.25, 0.3) is 0 Å². The fraction of sp³-hybridized carbons (Fsp3) is 0.316. The van der Waals surface area contributed by atoms with Crippen LogP contribution in [0.4, 0.5) is 11.4 Å². The number of carbonyl (C=O) groups is 2. The van der Waals surface area contributed by atoms with E-state index in [4.69, 9.17) is 23.2 Å². The second kappa shape index (κ2) is 8.25. The third-order valence-corrected chi connectivity index (χ3v) is 4.65. The van der Waals surface area contributed by atoms with Crippen molar-refractivity contribution in [2.45, 2.75) is 13.0 Å². The van der Waals surface area contributed by atoms with Crippen molar-refractivity contribution < 1.29 is 9.59 Å². The lowest BCUT2D eigenvalue weighted by molar-refractivity contribution is -0.122. The molecule has 2 amide bonds. The van der Waals surface area contributed by atoms with Gasteiger partial charge in [-0.25, -0.2) is 0 Å². The van der Waals surface area contributed by atoms with Crippen molar-refractivity contribution in [1.82, 2.24) is 9.88 Å². The van der Waals surface area contributed by atoms with E-state index in [1.165, 1.54) is 0 Å². The van der Waals surface area contributed by atoms with Gasteiger partial charge in [0.15, 0.2) is 0 Å². The molecule has 0 radical (unpaired) electrons. The number of aromatic nitrogens is 1. The van der Waals surface area contributed by atoms with Crippen LogP contribution in [0.5, 0.6) is 0 Å². The van der Waals surface area contributed by atoms with Gasteiger partial charge in [-0.2, -0.15) is 0 Å². The molecule has 1 fully saturated rings. The third-order valence-electron chi connectivity index (χ3n) is 4.22. The number of carbonyl (C=O) groups excluding carboxylic acids is 2. The van der Waals surface area contributed by atoms with E-state index in [-0.39, 0.29) is 24.8 Å². The maximum absolute atomic E-state index is 12.6. The quantitative estimate of drug-likeness (QED) is 0.825. The minimum Gasteiger partial charge on any atom is -0.326 e. The number of benzene rings is 1. The van der Waals surface area contributed by atoms with Gasteiger partial charge >= 0.3 is 0 Å². The SMILES string of the molecule is CN(C)Cc1cc(NC(=O)[C@H]2CC(=O)N(c3cc(Cl)cc(Cl)c3)C2)ccn1. The summed E-state index contributed by atoms with van der Waals surface area (Å²) in [6, 6.07) is 8.52. The fourth-order valence-electron chi connectivity index (χ4n) is 3.04. The topological polar surface area (TPSA) is 65.5 Å². The Labute approximate surface area is 168 Å². The van der Waals surface area contributed by atoms with Gasteiger partial charge in [0.05, 0.1) is 11.6 Å². The molecule has 1 saturated heterocycles. The molecule has 3 rings (SSSR count). The van der Waals surface area contributed by atoms with Crippen LogP contribution in [-0.4, -0.2) is 42.3 Å². The molecule has 1 atom stereocenters. The van der Waals surface area contributed by atoms with Crippen LogP contribution in [0, 0.1) is 5.92 Å². The van der Waals surface area contributed by atoms with Gasteiger partial charge in [-0.15, -0.1) is 0 Å². The molecule has 1 aromatic heterocycles. The van der Waals surface area contributed by atoms with E-state index in [1.807, 2.05) is 25.1 Å². The molecule has 0 aliphatic carbocycles. The first-order valence-corrected chi connectivity index (χ1v) is 9.24. The number of amides is 2.